The third-order valence-electron chi connectivity index (χ3n) is 3.55. The molecule has 0 spiro atoms. The van der Waals surface area contributed by atoms with E-state index in [9.17, 15) is 0 Å². The van der Waals surface area contributed by atoms with Gasteiger partial charge < -0.3 is 9.47 Å². The normalized spacial score (nSPS) is 16.4. The minimum atomic E-state index is -0.100. The maximum Gasteiger partial charge on any atom is 0.170 e. The van der Waals surface area contributed by atoms with Crippen molar-refractivity contribution in [1.82, 2.24) is 4.90 Å². The lowest BCUT2D eigenvalue weighted by Crippen LogP contribution is -2.38. The smallest absolute Gasteiger partial charge is 0.170 e. The van der Waals surface area contributed by atoms with E-state index in [4.69, 9.17) is 9.47 Å². The predicted octanol–water partition coefficient (Wildman–Crippen LogP) is 3.17. The minimum Gasteiger partial charge on any atom is -0.352 e. The van der Waals surface area contributed by atoms with Crippen LogP contribution in [0.2, 0.25) is 0 Å². The lowest BCUT2D eigenvalue weighted by molar-refractivity contribution is -0.146. The summed E-state index contributed by atoms with van der Waals surface area (Å²) in [4.78, 5) is 2.39. The number of rotatable bonds is 7. The van der Waals surface area contributed by atoms with Crippen LogP contribution < -0.4 is 0 Å². The molecule has 1 aliphatic heterocycles. The van der Waals surface area contributed by atoms with Crippen LogP contribution in [0.15, 0.2) is 36.4 Å². The van der Waals surface area contributed by atoms with Crippen molar-refractivity contribution < 1.29 is 9.47 Å². The molecule has 0 N–H and O–H groups in total. The van der Waals surface area contributed by atoms with Gasteiger partial charge in [-0.05, 0) is 31.4 Å². The Hall–Kier alpha value is -1.16. The number of ether oxygens (including phenoxy) is 2. The van der Waals surface area contributed by atoms with E-state index in [1.165, 1.54) is 11.1 Å². The molecular formula is C17H25NO2. The molecule has 20 heavy (non-hydrogen) atoms. The van der Waals surface area contributed by atoms with Crippen molar-refractivity contribution in [2.45, 2.75) is 26.6 Å². The fourth-order valence-corrected chi connectivity index (χ4v) is 2.53. The first-order valence-corrected chi connectivity index (χ1v) is 7.53. The van der Waals surface area contributed by atoms with Crippen molar-refractivity contribution in [3.63, 3.8) is 0 Å². The van der Waals surface area contributed by atoms with Gasteiger partial charge in [0.15, 0.2) is 6.29 Å². The Balaban J connectivity index is 1.88. The van der Waals surface area contributed by atoms with Gasteiger partial charge in [0.1, 0.15) is 0 Å². The van der Waals surface area contributed by atoms with Crippen LogP contribution >= 0.6 is 0 Å². The highest BCUT2D eigenvalue weighted by atomic mass is 16.7. The third-order valence-corrected chi connectivity index (χ3v) is 3.55. The topological polar surface area (TPSA) is 21.7 Å². The molecule has 3 heteroatoms. The molecule has 3 nitrogen and oxygen atoms in total. The Kier molecular flexibility index (Phi) is 6.25. The summed E-state index contributed by atoms with van der Waals surface area (Å²) in [6, 6.07) is 10.6. The van der Waals surface area contributed by atoms with Gasteiger partial charge in [-0.1, -0.05) is 36.4 Å². The van der Waals surface area contributed by atoms with Crippen molar-refractivity contribution in [1.29, 1.82) is 0 Å². The Morgan fingerprint density at radius 1 is 1.10 bits per heavy atom. The molecule has 1 heterocycles. The summed E-state index contributed by atoms with van der Waals surface area (Å²) >= 11 is 0. The van der Waals surface area contributed by atoms with Crippen LogP contribution in [0.4, 0.5) is 0 Å². The molecule has 0 aliphatic carbocycles. The molecule has 1 aromatic carbocycles. The van der Waals surface area contributed by atoms with Gasteiger partial charge in [0.25, 0.3) is 0 Å². The number of hydrogen-bond acceptors (Lipinski definition) is 3. The monoisotopic (exact) mass is 275 g/mol. The molecule has 2 rings (SSSR count). The van der Waals surface area contributed by atoms with Gasteiger partial charge in [-0.15, -0.1) is 0 Å². The summed E-state index contributed by atoms with van der Waals surface area (Å²) in [5.74, 6) is 0. The third kappa shape index (κ3) is 4.44. The lowest BCUT2D eigenvalue weighted by atomic mass is 10.00. The number of nitrogens with zero attached hydrogens (tertiary/aromatic N) is 1. The van der Waals surface area contributed by atoms with Gasteiger partial charge in [0, 0.05) is 32.8 Å². The molecular weight excluding hydrogens is 250 g/mol. The summed E-state index contributed by atoms with van der Waals surface area (Å²) < 4.78 is 11.2. The molecule has 110 valence electrons. The average molecular weight is 275 g/mol. The van der Waals surface area contributed by atoms with E-state index in [1.807, 2.05) is 13.8 Å². The molecule has 0 atom stereocenters. The van der Waals surface area contributed by atoms with E-state index in [0.717, 1.165) is 26.1 Å². The van der Waals surface area contributed by atoms with Gasteiger partial charge in [0.2, 0.25) is 0 Å². The maximum absolute atomic E-state index is 5.61. The molecule has 0 saturated carbocycles. The number of hydrogen-bond donors (Lipinski definition) is 0. The minimum absolute atomic E-state index is 0.100. The summed E-state index contributed by atoms with van der Waals surface area (Å²) in [7, 11) is 0. The van der Waals surface area contributed by atoms with Crippen molar-refractivity contribution in [3.8, 4) is 0 Å². The summed E-state index contributed by atoms with van der Waals surface area (Å²) in [5, 5.41) is 0. The molecule has 0 amide bonds. The summed E-state index contributed by atoms with van der Waals surface area (Å²) in [5.41, 5.74) is 2.80. The van der Waals surface area contributed by atoms with Crippen LogP contribution in [0.25, 0.3) is 5.57 Å². The highest BCUT2D eigenvalue weighted by Gasteiger charge is 2.17. The molecule has 0 aromatic heterocycles. The van der Waals surface area contributed by atoms with Crippen LogP contribution in [-0.2, 0) is 9.47 Å². The molecule has 0 fully saturated rings. The van der Waals surface area contributed by atoms with Crippen molar-refractivity contribution in [2.24, 2.45) is 0 Å². The van der Waals surface area contributed by atoms with E-state index in [-0.39, 0.29) is 6.29 Å². The zero-order chi connectivity index (χ0) is 14.2. The van der Waals surface area contributed by atoms with Gasteiger partial charge in [-0.25, -0.2) is 0 Å². The second-order valence-corrected chi connectivity index (χ2v) is 4.95. The number of benzene rings is 1. The maximum atomic E-state index is 5.61. The van der Waals surface area contributed by atoms with Crippen LogP contribution in [-0.4, -0.2) is 44.0 Å². The van der Waals surface area contributed by atoms with Crippen LogP contribution in [0, 0.1) is 0 Å². The Morgan fingerprint density at radius 3 is 2.35 bits per heavy atom. The lowest BCUT2D eigenvalue weighted by Gasteiger charge is -2.29. The molecule has 0 bridgehead atoms. The second-order valence-electron chi connectivity index (χ2n) is 4.95. The van der Waals surface area contributed by atoms with Gasteiger partial charge in [0.05, 0.1) is 0 Å². The quantitative estimate of drug-likeness (QED) is 0.713. The molecule has 0 radical (unpaired) electrons. The van der Waals surface area contributed by atoms with Gasteiger partial charge in [-0.3, -0.25) is 4.90 Å². The summed E-state index contributed by atoms with van der Waals surface area (Å²) in [6.45, 7) is 8.30. The average Bonchev–Trinajstić information content (AvgIpc) is 2.49. The van der Waals surface area contributed by atoms with E-state index in [2.05, 4.69) is 41.3 Å². The summed E-state index contributed by atoms with van der Waals surface area (Å²) in [6.07, 6.45) is 3.32. The molecule has 0 saturated heterocycles. The Bertz CT molecular complexity index is 410. The molecule has 1 aromatic rings. The highest BCUT2D eigenvalue weighted by molar-refractivity contribution is 5.66. The predicted molar refractivity (Wildman–Crippen MR) is 82.5 cm³/mol. The van der Waals surface area contributed by atoms with Crippen molar-refractivity contribution in [3.05, 3.63) is 42.0 Å². The van der Waals surface area contributed by atoms with E-state index in [1.54, 1.807) is 0 Å². The molecule has 1 aliphatic rings. The standard InChI is InChI=1S/C17H25NO2/c1-3-19-17(20-4-2)14-18-12-10-16(11-13-18)15-8-6-5-7-9-15/h5-10,17H,3-4,11-14H2,1-2H3. The SMILES string of the molecule is CCOC(CN1CC=C(c2ccccc2)CC1)OCC. The van der Waals surface area contributed by atoms with Gasteiger partial charge >= 0.3 is 0 Å². The van der Waals surface area contributed by atoms with Gasteiger partial charge in [-0.2, -0.15) is 0 Å². The first-order chi connectivity index (χ1) is 9.83. The van der Waals surface area contributed by atoms with Crippen molar-refractivity contribution >= 4 is 5.57 Å². The van der Waals surface area contributed by atoms with E-state index < -0.39 is 0 Å². The zero-order valence-electron chi connectivity index (χ0n) is 12.5. The van der Waals surface area contributed by atoms with E-state index >= 15 is 0 Å². The van der Waals surface area contributed by atoms with Crippen LogP contribution in [0.3, 0.4) is 0 Å². The zero-order valence-corrected chi connectivity index (χ0v) is 12.5. The highest BCUT2D eigenvalue weighted by Crippen LogP contribution is 2.22. The van der Waals surface area contributed by atoms with Crippen LogP contribution in [0.5, 0.6) is 0 Å². The first-order valence-electron chi connectivity index (χ1n) is 7.53. The largest absolute Gasteiger partial charge is 0.352 e. The second kappa shape index (κ2) is 8.20. The first kappa shape index (κ1) is 15.2. The van der Waals surface area contributed by atoms with Crippen molar-refractivity contribution in [2.75, 3.05) is 32.8 Å². The Labute approximate surface area is 122 Å². The fourth-order valence-electron chi connectivity index (χ4n) is 2.53. The Morgan fingerprint density at radius 2 is 1.80 bits per heavy atom. The molecule has 0 unspecified atom stereocenters. The van der Waals surface area contributed by atoms with E-state index in [0.29, 0.717) is 13.2 Å². The fraction of sp³-hybridized carbons (Fsp3) is 0.529. The van der Waals surface area contributed by atoms with Crippen LogP contribution in [0.1, 0.15) is 25.8 Å².